The van der Waals surface area contributed by atoms with Crippen LogP contribution in [0.15, 0.2) is 0 Å². The van der Waals surface area contributed by atoms with Gasteiger partial charge in [-0.2, -0.15) is 0 Å². The summed E-state index contributed by atoms with van der Waals surface area (Å²) in [6, 6.07) is 0. The van der Waals surface area contributed by atoms with Gasteiger partial charge in [0.05, 0.1) is 0 Å². The van der Waals surface area contributed by atoms with E-state index in [1.54, 1.807) is 0 Å². The van der Waals surface area contributed by atoms with Gasteiger partial charge in [-0.25, -0.2) is 0 Å². The molecule has 0 heterocycles. The predicted octanol–water partition coefficient (Wildman–Crippen LogP) is 1.27. The molecule has 2 rings (SSSR count). The number of hydrogen-bond acceptors (Lipinski definition) is 2. The maximum absolute atomic E-state index is 11.6. The first kappa shape index (κ1) is 9.69. The van der Waals surface area contributed by atoms with Crippen molar-refractivity contribution in [3.05, 3.63) is 0 Å². The van der Waals surface area contributed by atoms with E-state index < -0.39 is 0 Å². The SMILES string of the molecule is O=C1CCC(C(=O)NCC2CC2)CC1. The molecule has 2 saturated carbocycles. The summed E-state index contributed by atoms with van der Waals surface area (Å²) in [4.78, 5) is 22.6. The van der Waals surface area contributed by atoms with Crippen LogP contribution >= 0.6 is 0 Å². The van der Waals surface area contributed by atoms with Crippen LogP contribution in [0.4, 0.5) is 0 Å². The number of ketones is 1. The summed E-state index contributed by atoms with van der Waals surface area (Å²) in [5, 5.41) is 2.98. The molecule has 1 amide bonds. The van der Waals surface area contributed by atoms with Crippen LogP contribution in [0.25, 0.3) is 0 Å². The summed E-state index contributed by atoms with van der Waals surface area (Å²) < 4.78 is 0. The topological polar surface area (TPSA) is 46.2 Å². The molecule has 0 aromatic rings. The first-order chi connectivity index (χ1) is 6.75. The molecule has 0 radical (unpaired) electrons. The standard InChI is InChI=1S/C11H17NO2/c13-10-5-3-9(4-6-10)11(14)12-7-8-1-2-8/h8-9H,1-7H2,(H,12,14). The molecule has 3 heteroatoms. The molecule has 78 valence electrons. The molecule has 3 nitrogen and oxygen atoms in total. The molecule has 0 spiro atoms. The number of nitrogens with one attached hydrogen (secondary N) is 1. The van der Waals surface area contributed by atoms with E-state index in [0.717, 1.165) is 25.3 Å². The molecule has 2 aliphatic carbocycles. The molecule has 0 aromatic carbocycles. The van der Waals surface area contributed by atoms with E-state index in [0.29, 0.717) is 18.6 Å². The van der Waals surface area contributed by atoms with Gasteiger partial charge in [0, 0.05) is 25.3 Å². The lowest BCUT2D eigenvalue weighted by molar-refractivity contribution is -0.128. The van der Waals surface area contributed by atoms with Gasteiger partial charge < -0.3 is 5.32 Å². The molecule has 1 N–H and O–H groups in total. The summed E-state index contributed by atoms with van der Waals surface area (Å²) in [5.41, 5.74) is 0. The van der Waals surface area contributed by atoms with Crippen LogP contribution in [0.3, 0.4) is 0 Å². The second-order valence-electron chi connectivity index (χ2n) is 4.50. The minimum Gasteiger partial charge on any atom is -0.356 e. The molecule has 0 saturated heterocycles. The summed E-state index contributed by atoms with van der Waals surface area (Å²) in [6.45, 7) is 0.850. The van der Waals surface area contributed by atoms with Crippen LogP contribution in [-0.4, -0.2) is 18.2 Å². The fourth-order valence-corrected chi connectivity index (χ4v) is 1.91. The third kappa shape index (κ3) is 2.56. The molecule has 0 aliphatic heterocycles. The zero-order valence-corrected chi connectivity index (χ0v) is 8.42. The molecular formula is C11H17NO2. The van der Waals surface area contributed by atoms with Gasteiger partial charge in [-0.1, -0.05) is 0 Å². The Balaban J connectivity index is 1.70. The molecule has 0 bridgehead atoms. The third-order valence-electron chi connectivity index (χ3n) is 3.18. The number of hydrogen-bond donors (Lipinski definition) is 1. The average molecular weight is 195 g/mol. The Labute approximate surface area is 84.2 Å². The number of rotatable bonds is 3. The van der Waals surface area contributed by atoms with E-state index in [1.807, 2.05) is 0 Å². The van der Waals surface area contributed by atoms with Crippen molar-refractivity contribution < 1.29 is 9.59 Å². The highest BCUT2D eigenvalue weighted by molar-refractivity contribution is 5.84. The molecule has 0 atom stereocenters. The minimum atomic E-state index is 0.103. The van der Waals surface area contributed by atoms with E-state index in [2.05, 4.69) is 5.32 Å². The van der Waals surface area contributed by atoms with Gasteiger partial charge in [-0.15, -0.1) is 0 Å². The maximum Gasteiger partial charge on any atom is 0.223 e. The second kappa shape index (κ2) is 4.11. The van der Waals surface area contributed by atoms with Gasteiger partial charge in [0.25, 0.3) is 0 Å². The normalized spacial score (nSPS) is 23.6. The Kier molecular flexibility index (Phi) is 2.85. The summed E-state index contributed by atoms with van der Waals surface area (Å²) in [7, 11) is 0. The van der Waals surface area contributed by atoms with Gasteiger partial charge in [0.1, 0.15) is 5.78 Å². The van der Waals surface area contributed by atoms with Crippen molar-refractivity contribution >= 4 is 11.7 Å². The van der Waals surface area contributed by atoms with E-state index >= 15 is 0 Å². The highest BCUT2D eigenvalue weighted by Gasteiger charge is 2.27. The minimum absolute atomic E-state index is 0.103. The van der Waals surface area contributed by atoms with Crippen molar-refractivity contribution in [2.75, 3.05) is 6.54 Å². The van der Waals surface area contributed by atoms with Crippen LogP contribution < -0.4 is 5.32 Å². The van der Waals surface area contributed by atoms with Crippen LogP contribution in [0.2, 0.25) is 0 Å². The van der Waals surface area contributed by atoms with Gasteiger partial charge >= 0.3 is 0 Å². The number of carbonyl (C=O) groups is 2. The summed E-state index contributed by atoms with van der Waals surface area (Å²) >= 11 is 0. The molecular weight excluding hydrogens is 178 g/mol. The number of amides is 1. The van der Waals surface area contributed by atoms with Gasteiger partial charge in [0.15, 0.2) is 0 Å². The summed E-state index contributed by atoms with van der Waals surface area (Å²) in [6.07, 6.45) is 5.25. The highest BCUT2D eigenvalue weighted by atomic mass is 16.2. The van der Waals surface area contributed by atoms with Crippen molar-refractivity contribution in [2.24, 2.45) is 11.8 Å². The van der Waals surface area contributed by atoms with E-state index in [1.165, 1.54) is 12.8 Å². The number of Topliss-reactive ketones (excluding diaryl/α,β-unsaturated/α-hetero) is 1. The van der Waals surface area contributed by atoms with Crippen LogP contribution in [0, 0.1) is 11.8 Å². The molecule has 2 aliphatic rings. The Bertz CT molecular complexity index is 236. The Hall–Kier alpha value is -0.860. The van der Waals surface area contributed by atoms with Crippen molar-refractivity contribution in [1.82, 2.24) is 5.32 Å². The zero-order valence-electron chi connectivity index (χ0n) is 8.42. The predicted molar refractivity (Wildman–Crippen MR) is 52.7 cm³/mol. The van der Waals surface area contributed by atoms with Crippen LogP contribution in [0.1, 0.15) is 38.5 Å². The van der Waals surface area contributed by atoms with Crippen molar-refractivity contribution in [3.8, 4) is 0 Å². The fraction of sp³-hybridized carbons (Fsp3) is 0.818. The average Bonchev–Trinajstić information content (AvgIpc) is 2.99. The molecule has 2 fully saturated rings. The third-order valence-corrected chi connectivity index (χ3v) is 3.18. The lowest BCUT2D eigenvalue weighted by Crippen LogP contribution is -2.34. The van der Waals surface area contributed by atoms with E-state index in [-0.39, 0.29) is 11.8 Å². The fourth-order valence-electron chi connectivity index (χ4n) is 1.91. The molecule has 0 aromatic heterocycles. The highest BCUT2D eigenvalue weighted by Crippen LogP contribution is 2.28. The first-order valence-corrected chi connectivity index (χ1v) is 5.55. The smallest absolute Gasteiger partial charge is 0.223 e. The van der Waals surface area contributed by atoms with Gasteiger partial charge in [-0.3, -0.25) is 9.59 Å². The molecule has 14 heavy (non-hydrogen) atoms. The van der Waals surface area contributed by atoms with E-state index in [4.69, 9.17) is 0 Å². The monoisotopic (exact) mass is 195 g/mol. The Morgan fingerprint density at radius 3 is 2.43 bits per heavy atom. The largest absolute Gasteiger partial charge is 0.356 e. The lowest BCUT2D eigenvalue weighted by Gasteiger charge is -2.19. The van der Waals surface area contributed by atoms with Crippen molar-refractivity contribution in [3.63, 3.8) is 0 Å². The zero-order chi connectivity index (χ0) is 9.97. The molecule has 0 unspecified atom stereocenters. The quantitative estimate of drug-likeness (QED) is 0.737. The van der Waals surface area contributed by atoms with Gasteiger partial charge in [-0.05, 0) is 31.6 Å². The van der Waals surface area contributed by atoms with Crippen molar-refractivity contribution in [2.45, 2.75) is 38.5 Å². The number of carbonyl (C=O) groups excluding carboxylic acids is 2. The maximum atomic E-state index is 11.6. The van der Waals surface area contributed by atoms with Crippen molar-refractivity contribution in [1.29, 1.82) is 0 Å². The van der Waals surface area contributed by atoms with Gasteiger partial charge in [0.2, 0.25) is 5.91 Å². The first-order valence-electron chi connectivity index (χ1n) is 5.55. The van der Waals surface area contributed by atoms with Crippen LogP contribution in [-0.2, 0) is 9.59 Å². The Morgan fingerprint density at radius 2 is 1.86 bits per heavy atom. The lowest BCUT2D eigenvalue weighted by atomic mass is 9.88. The Morgan fingerprint density at radius 1 is 1.21 bits per heavy atom. The van der Waals surface area contributed by atoms with E-state index in [9.17, 15) is 9.59 Å². The second-order valence-corrected chi connectivity index (χ2v) is 4.50. The van der Waals surface area contributed by atoms with Crippen LogP contribution in [0.5, 0.6) is 0 Å². The summed E-state index contributed by atoms with van der Waals surface area (Å²) in [5.74, 6) is 1.33.